The number of halogens is 1. The Morgan fingerprint density at radius 1 is 1.03 bits per heavy atom. The van der Waals surface area contributed by atoms with E-state index in [4.69, 9.17) is 11.5 Å². The number of aromatic amines is 1. The Bertz CT molecular complexity index is 1190. The highest BCUT2D eigenvalue weighted by atomic mass is 19.1. The van der Waals surface area contributed by atoms with E-state index in [1.54, 1.807) is 24.3 Å². The molecule has 0 aliphatic carbocycles. The minimum absolute atomic E-state index is 0.232. The molecule has 0 fully saturated rings. The Hall–Kier alpha value is -3.91. The maximum Gasteiger partial charge on any atom is 0.323 e. The van der Waals surface area contributed by atoms with Crippen LogP contribution in [-0.2, 0) is 6.54 Å². The molecular weight excluding hydrogens is 371 g/mol. The molecule has 146 valence electrons. The van der Waals surface area contributed by atoms with Gasteiger partial charge in [-0.15, -0.1) is 0 Å². The van der Waals surface area contributed by atoms with E-state index in [-0.39, 0.29) is 17.4 Å². The van der Waals surface area contributed by atoms with E-state index in [2.05, 4.69) is 20.8 Å². The third-order valence-electron chi connectivity index (χ3n) is 4.57. The van der Waals surface area contributed by atoms with Crippen molar-refractivity contribution >= 4 is 34.1 Å². The molecule has 1 aromatic heterocycles. The van der Waals surface area contributed by atoms with E-state index < -0.39 is 5.82 Å². The number of urea groups is 1. The summed E-state index contributed by atoms with van der Waals surface area (Å²) in [4.78, 5) is 12.2. The van der Waals surface area contributed by atoms with Crippen molar-refractivity contribution in [1.82, 2.24) is 10.2 Å². The van der Waals surface area contributed by atoms with Crippen LogP contribution < -0.4 is 22.1 Å². The lowest BCUT2D eigenvalue weighted by Gasteiger charge is -2.10. The van der Waals surface area contributed by atoms with Crippen molar-refractivity contribution in [2.75, 3.05) is 16.4 Å². The SMILES string of the molecule is NCc1cccc(NC(=O)Nc2ccc(-c3ccc(F)c4[nH]nc(N)c34)cc2)c1. The fourth-order valence-electron chi connectivity index (χ4n) is 3.17. The van der Waals surface area contributed by atoms with Crippen molar-refractivity contribution in [3.8, 4) is 11.1 Å². The normalized spacial score (nSPS) is 10.8. The van der Waals surface area contributed by atoms with Crippen molar-refractivity contribution in [1.29, 1.82) is 0 Å². The number of hydrogen-bond donors (Lipinski definition) is 5. The van der Waals surface area contributed by atoms with Crippen molar-refractivity contribution < 1.29 is 9.18 Å². The second-order valence-corrected chi connectivity index (χ2v) is 6.51. The van der Waals surface area contributed by atoms with Crippen LogP contribution in [0.15, 0.2) is 60.7 Å². The highest BCUT2D eigenvalue weighted by Gasteiger charge is 2.13. The number of benzene rings is 3. The fraction of sp³-hybridized carbons (Fsp3) is 0.0476. The molecule has 0 saturated heterocycles. The molecule has 7 nitrogen and oxygen atoms in total. The second kappa shape index (κ2) is 7.61. The topological polar surface area (TPSA) is 122 Å². The van der Waals surface area contributed by atoms with Crippen LogP contribution in [0.5, 0.6) is 0 Å². The van der Waals surface area contributed by atoms with E-state index in [9.17, 15) is 9.18 Å². The third-order valence-corrected chi connectivity index (χ3v) is 4.57. The lowest BCUT2D eigenvalue weighted by molar-refractivity contribution is 0.262. The van der Waals surface area contributed by atoms with Crippen LogP contribution in [0.25, 0.3) is 22.0 Å². The van der Waals surface area contributed by atoms with Crippen molar-refractivity contribution in [2.24, 2.45) is 5.73 Å². The van der Waals surface area contributed by atoms with Gasteiger partial charge in [0.2, 0.25) is 0 Å². The molecule has 0 aliphatic heterocycles. The summed E-state index contributed by atoms with van der Waals surface area (Å²) in [5.74, 6) is -0.183. The second-order valence-electron chi connectivity index (χ2n) is 6.51. The molecule has 4 rings (SSSR count). The average Bonchev–Trinajstić information content (AvgIpc) is 3.12. The Kier molecular flexibility index (Phi) is 4.84. The molecule has 1 heterocycles. The summed E-state index contributed by atoms with van der Waals surface area (Å²) in [6, 6.07) is 17.2. The van der Waals surface area contributed by atoms with Crippen LogP contribution in [0.1, 0.15) is 5.56 Å². The van der Waals surface area contributed by atoms with Crippen molar-refractivity contribution in [2.45, 2.75) is 6.54 Å². The summed E-state index contributed by atoms with van der Waals surface area (Å²) in [5, 5.41) is 12.6. The first-order chi connectivity index (χ1) is 14.0. The lowest BCUT2D eigenvalue weighted by Crippen LogP contribution is -2.19. The number of amides is 2. The fourth-order valence-corrected chi connectivity index (χ4v) is 3.17. The van der Waals surface area contributed by atoms with Crippen LogP contribution in [0.4, 0.5) is 26.4 Å². The maximum absolute atomic E-state index is 13.9. The highest BCUT2D eigenvalue weighted by molar-refractivity contribution is 6.02. The minimum atomic E-state index is -0.415. The molecule has 0 atom stereocenters. The van der Waals surface area contributed by atoms with Gasteiger partial charge >= 0.3 is 6.03 Å². The Morgan fingerprint density at radius 3 is 2.55 bits per heavy atom. The van der Waals surface area contributed by atoms with Gasteiger partial charge in [0.1, 0.15) is 11.3 Å². The number of carbonyl (C=O) groups is 1. The summed E-state index contributed by atoms with van der Waals surface area (Å²) in [6.07, 6.45) is 0. The van der Waals surface area contributed by atoms with Gasteiger partial charge in [0.25, 0.3) is 0 Å². The number of nitrogens with two attached hydrogens (primary N) is 2. The molecule has 0 aliphatic rings. The summed E-state index contributed by atoms with van der Waals surface area (Å²) in [5.41, 5.74) is 15.5. The smallest absolute Gasteiger partial charge is 0.323 e. The number of nitrogens with one attached hydrogen (secondary N) is 3. The molecule has 2 amide bonds. The standard InChI is InChI=1S/C21H19FN6O/c22-17-9-8-16(18-19(17)27-28-20(18)24)13-4-6-14(7-5-13)25-21(29)26-15-3-1-2-12(10-15)11-23/h1-10H,11,23H2,(H3,24,27,28)(H2,25,26,29). The molecule has 8 heteroatoms. The molecule has 29 heavy (non-hydrogen) atoms. The molecular formula is C21H19FN6O. The number of nitrogen functional groups attached to an aromatic ring is 1. The van der Waals surface area contributed by atoms with Crippen LogP contribution in [0, 0.1) is 5.82 Å². The molecule has 4 aromatic rings. The van der Waals surface area contributed by atoms with Gasteiger partial charge in [-0.05, 0) is 47.0 Å². The van der Waals surface area contributed by atoms with E-state index >= 15 is 0 Å². The van der Waals surface area contributed by atoms with Crippen LogP contribution >= 0.6 is 0 Å². The third kappa shape index (κ3) is 3.74. The van der Waals surface area contributed by atoms with Gasteiger partial charge in [-0.1, -0.05) is 30.3 Å². The van der Waals surface area contributed by atoms with Gasteiger partial charge in [0.15, 0.2) is 5.82 Å². The summed E-state index contributed by atoms with van der Waals surface area (Å²) < 4.78 is 13.9. The molecule has 3 aromatic carbocycles. The van der Waals surface area contributed by atoms with Gasteiger partial charge in [-0.2, -0.15) is 5.10 Å². The largest absolute Gasteiger partial charge is 0.382 e. The Morgan fingerprint density at radius 2 is 1.79 bits per heavy atom. The quantitative estimate of drug-likeness (QED) is 0.361. The van der Waals surface area contributed by atoms with Gasteiger partial charge in [-0.25, -0.2) is 9.18 Å². The summed E-state index contributed by atoms with van der Waals surface area (Å²) in [7, 11) is 0. The van der Waals surface area contributed by atoms with Crippen molar-refractivity contribution in [3.05, 3.63) is 72.0 Å². The van der Waals surface area contributed by atoms with Crippen LogP contribution in [-0.4, -0.2) is 16.2 Å². The predicted molar refractivity (Wildman–Crippen MR) is 113 cm³/mol. The molecule has 0 bridgehead atoms. The lowest BCUT2D eigenvalue weighted by atomic mass is 10.0. The number of rotatable bonds is 4. The van der Waals surface area contributed by atoms with Gasteiger partial charge in [0, 0.05) is 17.9 Å². The molecule has 0 spiro atoms. The number of aromatic nitrogens is 2. The van der Waals surface area contributed by atoms with E-state index in [0.717, 1.165) is 16.7 Å². The van der Waals surface area contributed by atoms with Gasteiger partial charge in [-0.3, -0.25) is 5.10 Å². The summed E-state index contributed by atoms with van der Waals surface area (Å²) in [6.45, 7) is 0.399. The zero-order valence-electron chi connectivity index (χ0n) is 15.4. The molecule has 0 saturated carbocycles. The number of nitrogens with zero attached hydrogens (tertiary/aromatic N) is 1. The molecule has 7 N–H and O–H groups in total. The van der Waals surface area contributed by atoms with E-state index in [0.29, 0.717) is 23.3 Å². The maximum atomic E-state index is 13.9. The Balaban J connectivity index is 1.52. The number of H-pyrrole nitrogens is 1. The average molecular weight is 390 g/mol. The highest BCUT2D eigenvalue weighted by Crippen LogP contribution is 2.33. The molecule has 0 radical (unpaired) electrons. The van der Waals surface area contributed by atoms with Gasteiger partial charge < -0.3 is 22.1 Å². The summed E-state index contributed by atoms with van der Waals surface area (Å²) >= 11 is 0. The van der Waals surface area contributed by atoms with Gasteiger partial charge in [0.05, 0.1) is 5.39 Å². The van der Waals surface area contributed by atoms with E-state index in [1.165, 1.54) is 6.07 Å². The number of anilines is 3. The predicted octanol–water partition coefficient (Wildman–Crippen LogP) is 4.05. The number of hydrogen-bond acceptors (Lipinski definition) is 4. The van der Waals surface area contributed by atoms with Crippen LogP contribution in [0.3, 0.4) is 0 Å². The number of fused-ring (bicyclic) bond motifs is 1. The Labute approximate surface area is 165 Å². The first-order valence-corrected chi connectivity index (χ1v) is 8.94. The van der Waals surface area contributed by atoms with Crippen LogP contribution in [0.2, 0.25) is 0 Å². The zero-order valence-corrected chi connectivity index (χ0v) is 15.4. The minimum Gasteiger partial charge on any atom is -0.382 e. The van der Waals surface area contributed by atoms with Crippen molar-refractivity contribution in [3.63, 3.8) is 0 Å². The monoisotopic (exact) mass is 390 g/mol. The van der Waals surface area contributed by atoms with E-state index in [1.807, 2.05) is 30.3 Å². The number of carbonyl (C=O) groups excluding carboxylic acids is 1. The first kappa shape index (κ1) is 18.5. The molecule has 0 unspecified atom stereocenters. The first-order valence-electron chi connectivity index (χ1n) is 8.94. The zero-order chi connectivity index (χ0) is 20.4.